The number of nitrogens with zero attached hydrogens (tertiary/aromatic N) is 4. The predicted molar refractivity (Wildman–Crippen MR) is 148 cm³/mol. The van der Waals surface area contributed by atoms with Crippen LogP contribution in [0.5, 0.6) is 5.75 Å². The lowest BCUT2D eigenvalue weighted by Gasteiger charge is -2.22. The molecular formula is C27H29F3N6O4S. The van der Waals surface area contributed by atoms with Crippen LogP contribution in [0.15, 0.2) is 36.5 Å². The summed E-state index contributed by atoms with van der Waals surface area (Å²) in [5, 5.41) is 37.8. The second kappa shape index (κ2) is 11.4. The summed E-state index contributed by atoms with van der Waals surface area (Å²) in [7, 11) is 0. The number of nitrogens with one attached hydrogen (secondary N) is 2. The Kier molecular flexibility index (Phi) is 8.01. The SMILES string of the molecule is Cc1nc(N[C@H](C)c2ccc(OC(F)(F)F)cc2)nc(NC2C[C@@H](CO)[C@@H](O)[C@H]2O)c1-c1nc2c(C)nccc2s1. The van der Waals surface area contributed by atoms with Gasteiger partial charge in [-0.3, -0.25) is 4.98 Å². The number of hydrogen-bond donors (Lipinski definition) is 5. The van der Waals surface area contributed by atoms with Crippen molar-refractivity contribution < 1.29 is 33.2 Å². The van der Waals surface area contributed by atoms with Gasteiger partial charge in [-0.05, 0) is 51.0 Å². The third kappa shape index (κ3) is 6.20. The molecule has 1 fully saturated rings. The van der Waals surface area contributed by atoms with Crippen molar-refractivity contribution in [3.8, 4) is 16.3 Å². The first-order chi connectivity index (χ1) is 19.4. The van der Waals surface area contributed by atoms with Crippen molar-refractivity contribution in [3.63, 3.8) is 0 Å². The second-order valence-electron chi connectivity index (χ2n) is 10.0. The van der Waals surface area contributed by atoms with Crippen LogP contribution in [0.4, 0.5) is 24.9 Å². The van der Waals surface area contributed by atoms with Gasteiger partial charge in [-0.25, -0.2) is 9.97 Å². The molecule has 1 aromatic carbocycles. The summed E-state index contributed by atoms with van der Waals surface area (Å²) in [5.41, 5.74) is 3.41. The number of aryl methyl sites for hydroxylation is 2. The highest BCUT2D eigenvalue weighted by molar-refractivity contribution is 7.21. The molecule has 0 saturated heterocycles. The average Bonchev–Trinajstić information content (AvgIpc) is 3.45. The molecule has 5 atom stereocenters. The molecule has 0 bridgehead atoms. The van der Waals surface area contributed by atoms with Gasteiger partial charge in [0.2, 0.25) is 5.95 Å². The number of aromatic nitrogens is 4. The van der Waals surface area contributed by atoms with E-state index in [0.717, 1.165) is 15.9 Å². The van der Waals surface area contributed by atoms with Crippen LogP contribution in [0.2, 0.25) is 0 Å². The Morgan fingerprint density at radius 2 is 1.78 bits per heavy atom. The molecule has 0 spiro atoms. The molecule has 1 saturated carbocycles. The predicted octanol–water partition coefficient (Wildman–Crippen LogP) is 4.35. The first kappa shape index (κ1) is 28.9. The smallest absolute Gasteiger partial charge is 0.406 e. The van der Waals surface area contributed by atoms with Crippen LogP contribution >= 0.6 is 11.3 Å². The zero-order chi connectivity index (χ0) is 29.5. The molecule has 5 N–H and O–H groups in total. The van der Waals surface area contributed by atoms with E-state index in [1.807, 2.05) is 19.9 Å². The minimum absolute atomic E-state index is 0.238. The Labute approximate surface area is 237 Å². The fourth-order valence-corrected chi connectivity index (χ4v) is 6.06. The van der Waals surface area contributed by atoms with Gasteiger partial charge in [0.1, 0.15) is 28.2 Å². The summed E-state index contributed by atoms with van der Waals surface area (Å²) >= 11 is 1.44. The Hall–Kier alpha value is -3.59. The third-order valence-electron chi connectivity index (χ3n) is 7.11. The molecule has 218 valence electrons. The van der Waals surface area contributed by atoms with Gasteiger partial charge in [0.25, 0.3) is 0 Å². The number of aliphatic hydroxyl groups is 3. The third-order valence-corrected chi connectivity index (χ3v) is 8.15. The van der Waals surface area contributed by atoms with Gasteiger partial charge in [0.15, 0.2) is 0 Å². The van der Waals surface area contributed by atoms with E-state index in [0.29, 0.717) is 34.1 Å². The number of halogens is 3. The maximum absolute atomic E-state index is 12.5. The van der Waals surface area contributed by atoms with E-state index >= 15 is 0 Å². The maximum atomic E-state index is 12.5. The standard InChI is InChI=1S/C27H29F3N6O4S/c1-12(15-4-6-17(7-5-15)40-27(28,29)30)32-26-33-13(2)20(25-35-21-14(3)31-9-8-19(21)41-25)24(36-26)34-18-10-16(11-37)22(38)23(18)39/h4-9,12,16,18,22-23,37-39H,10-11H2,1-3H3,(H2,32,33,34,36)/t12-,16+,18?,22-,23+/m1/s1. The number of fused-ring (bicyclic) bond motifs is 1. The summed E-state index contributed by atoms with van der Waals surface area (Å²) in [6.07, 6.45) is -4.98. The van der Waals surface area contributed by atoms with Crippen molar-refractivity contribution in [2.24, 2.45) is 5.92 Å². The van der Waals surface area contributed by atoms with E-state index in [2.05, 4.69) is 25.3 Å². The number of thiazole rings is 1. The highest BCUT2D eigenvalue weighted by atomic mass is 32.1. The van der Waals surface area contributed by atoms with Gasteiger partial charge in [0.05, 0.1) is 39.8 Å². The largest absolute Gasteiger partial charge is 0.573 e. The molecule has 10 nitrogen and oxygen atoms in total. The van der Waals surface area contributed by atoms with Crippen LogP contribution in [-0.4, -0.2) is 66.5 Å². The molecule has 0 aliphatic heterocycles. The van der Waals surface area contributed by atoms with Gasteiger partial charge in [-0.2, -0.15) is 4.98 Å². The number of aliphatic hydroxyl groups excluding tert-OH is 3. The van der Waals surface area contributed by atoms with E-state index in [1.54, 1.807) is 13.1 Å². The van der Waals surface area contributed by atoms with Gasteiger partial charge >= 0.3 is 6.36 Å². The molecule has 14 heteroatoms. The maximum Gasteiger partial charge on any atom is 0.573 e. The summed E-state index contributed by atoms with van der Waals surface area (Å²) in [6.45, 7) is 5.21. The Balaban J connectivity index is 1.48. The second-order valence-corrected chi connectivity index (χ2v) is 11.0. The van der Waals surface area contributed by atoms with E-state index < -0.39 is 30.5 Å². The molecule has 3 aromatic heterocycles. The number of benzene rings is 1. The van der Waals surface area contributed by atoms with E-state index in [-0.39, 0.29) is 24.3 Å². The molecule has 41 heavy (non-hydrogen) atoms. The van der Waals surface area contributed by atoms with Crippen LogP contribution in [0, 0.1) is 19.8 Å². The van der Waals surface area contributed by atoms with Gasteiger partial charge in [-0.1, -0.05) is 12.1 Å². The van der Waals surface area contributed by atoms with Gasteiger partial charge < -0.3 is 30.7 Å². The lowest BCUT2D eigenvalue weighted by Crippen LogP contribution is -2.35. The lowest BCUT2D eigenvalue weighted by molar-refractivity contribution is -0.274. The van der Waals surface area contributed by atoms with Crippen molar-refractivity contribution >= 4 is 33.3 Å². The molecule has 0 amide bonds. The number of anilines is 2. The zero-order valence-corrected chi connectivity index (χ0v) is 23.2. The Bertz CT molecular complexity index is 1530. The highest BCUT2D eigenvalue weighted by Gasteiger charge is 2.41. The van der Waals surface area contributed by atoms with Crippen molar-refractivity contribution in [1.82, 2.24) is 19.9 Å². The summed E-state index contributed by atoms with van der Waals surface area (Å²) < 4.78 is 42.5. The molecule has 1 unspecified atom stereocenters. The van der Waals surface area contributed by atoms with Crippen molar-refractivity contribution in [2.75, 3.05) is 17.2 Å². The molecular weight excluding hydrogens is 561 g/mol. The molecule has 0 radical (unpaired) electrons. The fraction of sp³-hybridized carbons (Fsp3) is 0.407. The first-order valence-electron chi connectivity index (χ1n) is 12.9. The number of hydrogen-bond acceptors (Lipinski definition) is 11. The van der Waals surface area contributed by atoms with Crippen LogP contribution < -0.4 is 15.4 Å². The molecule has 3 heterocycles. The summed E-state index contributed by atoms with van der Waals surface area (Å²) in [5.74, 6) is -0.202. The number of alkyl halides is 3. The highest BCUT2D eigenvalue weighted by Crippen LogP contribution is 2.39. The van der Waals surface area contributed by atoms with Crippen molar-refractivity contribution in [2.45, 2.75) is 57.8 Å². The molecule has 1 aliphatic rings. The van der Waals surface area contributed by atoms with Crippen LogP contribution in [-0.2, 0) is 0 Å². The van der Waals surface area contributed by atoms with Crippen LogP contribution in [0.1, 0.15) is 36.3 Å². The van der Waals surface area contributed by atoms with Gasteiger partial charge in [-0.15, -0.1) is 24.5 Å². The fourth-order valence-electron chi connectivity index (χ4n) is 4.95. The van der Waals surface area contributed by atoms with Gasteiger partial charge in [0, 0.05) is 18.7 Å². The molecule has 1 aliphatic carbocycles. The quantitative estimate of drug-likeness (QED) is 0.201. The lowest BCUT2D eigenvalue weighted by atomic mass is 10.1. The Morgan fingerprint density at radius 3 is 2.41 bits per heavy atom. The van der Waals surface area contributed by atoms with Crippen molar-refractivity contribution in [1.29, 1.82) is 0 Å². The average molecular weight is 591 g/mol. The number of ether oxygens (including phenoxy) is 1. The minimum Gasteiger partial charge on any atom is -0.406 e. The van der Waals surface area contributed by atoms with Crippen molar-refractivity contribution in [3.05, 3.63) is 53.5 Å². The van der Waals surface area contributed by atoms with Crippen LogP contribution in [0.3, 0.4) is 0 Å². The number of rotatable bonds is 8. The Morgan fingerprint density at radius 1 is 1.05 bits per heavy atom. The zero-order valence-electron chi connectivity index (χ0n) is 22.3. The van der Waals surface area contributed by atoms with E-state index in [4.69, 9.17) is 9.97 Å². The molecule has 4 aromatic rings. The summed E-state index contributed by atoms with van der Waals surface area (Å²) in [4.78, 5) is 18.4. The minimum atomic E-state index is -4.78. The molecule has 5 rings (SSSR count). The summed E-state index contributed by atoms with van der Waals surface area (Å²) in [6, 6.07) is 6.39. The monoisotopic (exact) mass is 590 g/mol. The van der Waals surface area contributed by atoms with Crippen LogP contribution in [0.25, 0.3) is 20.8 Å². The number of pyridine rings is 1. The first-order valence-corrected chi connectivity index (χ1v) is 13.7. The topological polar surface area (TPSA) is 146 Å². The van der Waals surface area contributed by atoms with E-state index in [9.17, 15) is 28.5 Å². The normalized spacial score (nSPS) is 21.7. The van der Waals surface area contributed by atoms with E-state index in [1.165, 1.54) is 35.6 Å².